The van der Waals surface area contributed by atoms with E-state index in [0.717, 1.165) is 75.1 Å². The van der Waals surface area contributed by atoms with Crippen LogP contribution in [0.15, 0.2) is 18.9 Å². The fourth-order valence-corrected chi connectivity index (χ4v) is 6.20. The Morgan fingerprint density at radius 2 is 2.00 bits per heavy atom. The summed E-state index contributed by atoms with van der Waals surface area (Å²) in [5.41, 5.74) is 8.36. The van der Waals surface area contributed by atoms with E-state index in [9.17, 15) is 4.79 Å². The Balaban J connectivity index is 0.972. The number of carbonyl (C=O) groups excluding carboxylic acids is 1. The third-order valence-corrected chi connectivity index (χ3v) is 7.92. The van der Waals surface area contributed by atoms with Gasteiger partial charge in [0.25, 0.3) is 0 Å². The number of anilines is 1. The van der Waals surface area contributed by atoms with Gasteiger partial charge in [-0.3, -0.25) is 4.68 Å². The van der Waals surface area contributed by atoms with Gasteiger partial charge in [-0.2, -0.15) is 11.8 Å². The normalized spacial score (nSPS) is 21.9. The van der Waals surface area contributed by atoms with Crippen LogP contribution in [0.5, 0.6) is 0 Å². The molecule has 0 aliphatic carbocycles. The van der Waals surface area contributed by atoms with Crippen LogP contribution >= 0.6 is 11.8 Å². The molecule has 176 valence electrons. The molecular weight excluding hydrogens is 440 g/mol. The molecule has 3 atom stereocenters. The number of nitrogens with zero attached hydrogens (tertiary/aromatic N) is 7. The zero-order valence-corrected chi connectivity index (χ0v) is 19.4. The molecule has 0 saturated carbocycles. The summed E-state index contributed by atoms with van der Waals surface area (Å²) >= 11 is 1.97. The van der Waals surface area contributed by atoms with Crippen molar-refractivity contribution < 1.29 is 4.79 Å². The van der Waals surface area contributed by atoms with Crippen molar-refractivity contribution in [2.24, 2.45) is 0 Å². The van der Waals surface area contributed by atoms with Gasteiger partial charge in [-0.15, -0.1) is 5.10 Å². The Morgan fingerprint density at radius 3 is 2.94 bits per heavy atom. The number of hydrogen-bond donors (Lipinski definition) is 3. The van der Waals surface area contributed by atoms with E-state index in [2.05, 4.69) is 42.1 Å². The van der Waals surface area contributed by atoms with Gasteiger partial charge in [0.05, 0.1) is 24.1 Å². The van der Waals surface area contributed by atoms with Gasteiger partial charge in [-0.25, -0.2) is 19.7 Å². The van der Waals surface area contributed by atoms with Crippen molar-refractivity contribution in [2.75, 3.05) is 11.5 Å². The molecule has 0 spiro atoms. The summed E-state index contributed by atoms with van der Waals surface area (Å²) < 4.78 is 3.98. The summed E-state index contributed by atoms with van der Waals surface area (Å²) in [5.74, 6) is 1.44. The van der Waals surface area contributed by atoms with Gasteiger partial charge in [0.1, 0.15) is 11.8 Å². The molecule has 12 heteroatoms. The summed E-state index contributed by atoms with van der Waals surface area (Å²) in [6, 6.07) is 0.587. The quantitative estimate of drug-likeness (QED) is 0.284. The molecule has 2 amide bonds. The van der Waals surface area contributed by atoms with Crippen LogP contribution in [0.25, 0.3) is 11.2 Å². The highest BCUT2D eigenvalue weighted by Crippen LogP contribution is 2.33. The predicted octanol–water partition coefficient (Wildman–Crippen LogP) is 1.75. The second-order valence-corrected chi connectivity index (χ2v) is 10.0. The molecule has 11 nitrogen and oxygen atoms in total. The maximum atomic E-state index is 11.5. The molecule has 2 aliphatic rings. The van der Waals surface area contributed by atoms with Gasteiger partial charge >= 0.3 is 6.03 Å². The fraction of sp³-hybridized carbons (Fsp3) is 0.619. The maximum Gasteiger partial charge on any atom is 0.315 e. The number of hydrogen-bond acceptors (Lipinski definition) is 8. The van der Waals surface area contributed by atoms with Gasteiger partial charge in [0.2, 0.25) is 0 Å². The van der Waals surface area contributed by atoms with Crippen molar-refractivity contribution in [3.8, 4) is 0 Å². The minimum absolute atomic E-state index is 0.0121. The number of fused-ring (bicyclic) bond motifs is 2. The van der Waals surface area contributed by atoms with Crippen molar-refractivity contribution in [2.45, 2.75) is 75.4 Å². The highest BCUT2D eigenvalue weighted by Gasteiger charge is 2.42. The summed E-state index contributed by atoms with van der Waals surface area (Å²) in [7, 11) is 0. The lowest BCUT2D eigenvalue weighted by atomic mass is 10.0. The third kappa shape index (κ3) is 5.05. The summed E-state index contributed by atoms with van der Waals surface area (Å²) in [6.07, 6.45) is 12.8. The largest absolute Gasteiger partial charge is 0.382 e. The molecule has 3 aromatic heterocycles. The predicted molar refractivity (Wildman–Crippen MR) is 127 cm³/mol. The van der Waals surface area contributed by atoms with E-state index in [1.807, 2.05) is 21.0 Å². The van der Waals surface area contributed by atoms with Crippen LogP contribution in [0.4, 0.5) is 10.6 Å². The lowest BCUT2D eigenvalue weighted by Gasteiger charge is -2.16. The molecule has 0 radical (unpaired) electrons. The lowest BCUT2D eigenvalue weighted by molar-refractivity contribution is 0.247. The Kier molecular flexibility index (Phi) is 6.60. The second-order valence-electron chi connectivity index (χ2n) is 8.77. The Hall–Kier alpha value is -2.89. The van der Waals surface area contributed by atoms with E-state index in [4.69, 9.17) is 5.73 Å². The van der Waals surface area contributed by atoms with Crippen LogP contribution in [0, 0.1) is 0 Å². The first-order valence-electron chi connectivity index (χ1n) is 11.7. The molecule has 0 unspecified atom stereocenters. The monoisotopic (exact) mass is 470 g/mol. The average Bonchev–Trinajstić information content (AvgIpc) is 3.57. The fourth-order valence-electron chi connectivity index (χ4n) is 4.65. The van der Waals surface area contributed by atoms with Gasteiger partial charge in [-0.1, -0.05) is 11.6 Å². The highest BCUT2D eigenvalue weighted by atomic mass is 32.2. The molecule has 33 heavy (non-hydrogen) atoms. The van der Waals surface area contributed by atoms with Crippen molar-refractivity contribution >= 4 is 34.8 Å². The molecular formula is C21H30N10OS. The van der Waals surface area contributed by atoms with Crippen molar-refractivity contribution in [3.05, 3.63) is 24.5 Å². The first kappa shape index (κ1) is 21.9. The molecule has 0 aromatic carbocycles. The van der Waals surface area contributed by atoms with E-state index in [-0.39, 0.29) is 6.03 Å². The summed E-state index contributed by atoms with van der Waals surface area (Å²) in [6.45, 7) is 1.73. The maximum absolute atomic E-state index is 11.5. The molecule has 2 saturated heterocycles. The lowest BCUT2D eigenvalue weighted by Crippen LogP contribution is -2.36. The Morgan fingerprint density at radius 1 is 1.09 bits per heavy atom. The van der Waals surface area contributed by atoms with Crippen LogP contribution in [-0.2, 0) is 19.5 Å². The second kappa shape index (κ2) is 9.94. The minimum Gasteiger partial charge on any atom is -0.382 e. The minimum atomic E-state index is -0.0121. The standard InChI is InChI=1S/C21H30N10OS/c22-19-18-20(24-12-23-19)30(13-25-18)8-4-1-5-9-31-10-14(28-29-31)6-2-3-7-16-17-15(11-33-16)26-21(32)27-17/h10,12-13,15-17H,1-9,11H2,(H2,22,23,24)(H2,26,27,32)/t15-,16-,17-/m0/s1. The number of amides is 2. The molecule has 5 rings (SSSR count). The zero-order valence-electron chi connectivity index (χ0n) is 18.6. The summed E-state index contributed by atoms with van der Waals surface area (Å²) in [5, 5.41) is 15.2. The van der Waals surface area contributed by atoms with Gasteiger partial charge < -0.3 is 20.9 Å². The number of rotatable bonds is 11. The van der Waals surface area contributed by atoms with Gasteiger partial charge in [0, 0.05) is 30.3 Å². The van der Waals surface area contributed by atoms with Crippen LogP contribution in [0.2, 0.25) is 0 Å². The number of thioether (sulfide) groups is 1. The van der Waals surface area contributed by atoms with Crippen LogP contribution in [0.1, 0.15) is 44.2 Å². The van der Waals surface area contributed by atoms with E-state index < -0.39 is 0 Å². The smallest absolute Gasteiger partial charge is 0.315 e. The molecule has 5 heterocycles. The number of carbonyl (C=O) groups is 1. The zero-order chi connectivity index (χ0) is 22.6. The van der Waals surface area contributed by atoms with Crippen LogP contribution < -0.4 is 16.4 Å². The Bertz CT molecular complexity index is 1100. The van der Waals surface area contributed by atoms with Gasteiger partial charge in [0.15, 0.2) is 11.5 Å². The SMILES string of the molecule is Nc1ncnc2c1ncn2CCCCCn1cc(CCCC[C@@H]2SC[C@@H]3NC(=O)N[C@@H]32)nn1. The van der Waals surface area contributed by atoms with E-state index in [1.165, 1.54) is 6.33 Å². The van der Waals surface area contributed by atoms with Crippen LogP contribution in [0.3, 0.4) is 0 Å². The number of nitrogens with two attached hydrogens (primary N) is 1. The van der Waals surface area contributed by atoms with Crippen molar-refractivity contribution in [1.29, 1.82) is 0 Å². The molecule has 4 N–H and O–H groups in total. The summed E-state index contributed by atoms with van der Waals surface area (Å²) in [4.78, 5) is 24.1. The van der Waals surface area contributed by atoms with Crippen molar-refractivity contribution in [3.63, 3.8) is 0 Å². The topological polar surface area (TPSA) is 141 Å². The molecule has 3 aromatic rings. The third-order valence-electron chi connectivity index (χ3n) is 6.41. The highest BCUT2D eigenvalue weighted by molar-refractivity contribution is 8.00. The van der Waals surface area contributed by atoms with E-state index >= 15 is 0 Å². The average molecular weight is 471 g/mol. The van der Waals surface area contributed by atoms with Crippen molar-refractivity contribution in [1.82, 2.24) is 45.1 Å². The van der Waals surface area contributed by atoms with Crippen LogP contribution in [-0.4, -0.2) is 63.6 Å². The number of imidazole rings is 1. The first-order chi connectivity index (χ1) is 16.2. The Labute approximate surface area is 196 Å². The number of aromatic nitrogens is 7. The first-order valence-corrected chi connectivity index (χ1v) is 12.7. The van der Waals surface area contributed by atoms with E-state index in [1.54, 1.807) is 6.33 Å². The number of aryl methyl sites for hydroxylation is 3. The van der Waals surface area contributed by atoms with Gasteiger partial charge in [-0.05, 0) is 38.5 Å². The number of unbranched alkanes of at least 4 members (excludes halogenated alkanes) is 3. The molecule has 0 bridgehead atoms. The molecule has 2 fully saturated rings. The number of nitrogen functional groups attached to an aromatic ring is 1. The number of nitrogens with one attached hydrogen (secondary N) is 2. The molecule has 2 aliphatic heterocycles. The van der Waals surface area contributed by atoms with E-state index in [0.29, 0.717) is 28.7 Å². The number of urea groups is 1.